The maximum atomic E-state index is 12.6. The van der Waals surface area contributed by atoms with Gasteiger partial charge in [0, 0.05) is 23.2 Å². The third-order valence-corrected chi connectivity index (χ3v) is 6.42. The number of sulfonamides is 1. The van der Waals surface area contributed by atoms with Crippen LogP contribution in [0.5, 0.6) is 0 Å². The molecule has 2 aliphatic rings. The van der Waals surface area contributed by atoms with Crippen molar-refractivity contribution in [2.75, 3.05) is 18.4 Å². The third-order valence-electron chi connectivity index (χ3n) is 3.63. The predicted molar refractivity (Wildman–Crippen MR) is 77.2 cm³/mol. The first-order valence-electron chi connectivity index (χ1n) is 6.27. The SMILES string of the molecule is O=C1Cc2cc(S(=O)(=O)N3CC(O)C(O)C3)c(Br)cc2N1. The van der Waals surface area contributed by atoms with Crippen LogP contribution in [0.4, 0.5) is 5.69 Å². The molecule has 0 spiro atoms. The molecule has 1 aromatic rings. The molecule has 21 heavy (non-hydrogen) atoms. The molecule has 0 bridgehead atoms. The highest BCUT2D eigenvalue weighted by atomic mass is 79.9. The summed E-state index contributed by atoms with van der Waals surface area (Å²) in [4.78, 5) is 11.4. The van der Waals surface area contributed by atoms with Crippen LogP contribution in [0.15, 0.2) is 21.5 Å². The minimum absolute atomic E-state index is 0.0269. The number of benzene rings is 1. The van der Waals surface area contributed by atoms with E-state index in [1.165, 1.54) is 6.07 Å². The van der Waals surface area contributed by atoms with Gasteiger partial charge in [-0.15, -0.1) is 0 Å². The molecule has 1 amide bonds. The van der Waals surface area contributed by atoms with E-state index in [2.05, 4.69) is 21.2 Å². The van der Waals surface area contributed by atoms with E-state index in [4.69, 9.17) is 0 Å². The van der Waals surface area contributed by atoms with Crippen molar-refractivity contribution in [1.82, 2.24) is 4.31 Å². The number of aliphatic hydroxyl groups excluding tert-OH is 2. The summed E-state index contributed by atoms with van der Waals surface area (Å²) in [5, 5.41) is 21.7. The fraction of sp³-hybridized carbons (Fsp3) is 0.417. The summed E-state index contributed by atoms with van der Waals surface area (Å²) in [5.74, 6) is -0.182. The normalized spacial score (nSPS) is 26.0. The summed E-state index contributed by atoms with van der Waals surface area (Å²) in [6.07, 6.45) is -2.04. The van der Waals surface area contributed by atoms with E-state index in [-0.39, 0.29) is 30.3 Å². The number of rotatable bonds is 2. The number of anilines is 1. The number of aliphatic hydroxyl groups is 2. The molecule has 3 rings (SSSR count). The Labute approximate surface area is 129 Å². The highest BCUT2D eigenvalue weighted by Gasteiger charge is 2.38. The standard InChI is InChI=1S/C12H13BrN2O5S/c13-7-3-8-6(2-12(18)14-8)1-11(7)21(19,20)15-4-9(16)10(17)5-15/h1,3,9-10,16-17H,2,4-5H2,(H,14,18). The molecule has 2 heterocycles. The van der Waals surface area contributed by atoms with Gasteiger partial charge in [0.05, 0.1) is 23.5 Å². The topological polar surface area (TPSA) is 107 Å². The van der Waals surface area contributed by atoms with Gasteiger partial charge in [0.1, 0.15) is 0 Å². The van der Waals surface area contributed by atoms with E-state index >= 15 is 0 Å². The van der Waals surface area contributed by atoms with Gasteiger partial charge in [0.2, 0.25) is 15.9 Å². The van der Waals surface area contributed by atoms with Gasteiger partial charge in [-0.1, -0.05) is 0 Å². The van der Waals surface area contributed by atoms with Crippen molar-refractivity contribution < 1.29 is 23.4 Å². The molecular formula is C12H13BrN2O5S. The van der Waals surface area contributed by atoms with E-state index in [9.17, 15) is 23.4 Å². The molecule has 0 radical (unpaired) electrons. The van der Waals surface area contributed by atoms with Crippen molar-refractivity contribution in [1.29, 1.82) is 0 Å². The Morgan fingerprint density at radius 2 is 1.86 bits per heavy atom. The molecule has 2 atom stereocenters. The Kier molecular flexibility index (Phi) is 3.57. The summed E-state index contributed by atoms with van der Waals surface area (Å²) in [6, 6.07) is 3.00. The van der Waals surface area contributed by atoms with Gasteiger partial charge in [-0.05, 0) is 33.6 Å². The van der Waals surface area contributed by atoms with Gasteiger partial charge in [-0.2, -0.15) is 4.31 Å². The van der Waals surface area contributed by atoms with Crippen LogP contribution in [0.1, 0.15) is 5.56 Å². The van der Waals surface area contributed by atoms with Crippen LogP contribution in [0.25, 0.3) is 0 Å². The molecule has 2 unspecified atom stereocenters. The minimum atomic E-state index is -3.85. The molecule has 7 nitrogen and oxygen atoms in total. The summed E-state index contributed by atoms with van der Waals surface area (Å²) in [6.45, 7) is -0.297. The van der Waals surface area contributed by atoms with Crippen LogP contribution in [-0.2, 0) is 21.2 Å². The molecule has 0 aliphatic carbocycles. The van der Waals surface area contributed by atoms with Crippen LogP contribution in [0.2, 0.25) is 0 Å². The monoisotopic (exact) mass is 376 g/mol. The molecule has 0 saturated carbocycles. The average Bonchev–Trinajstić information content (AvgIpc) is 2.91. The minimum Gasteiger partial charge on any atom is -0.389 e. The van der Waals surface area contributed by atoms with E-state index < -0.39 is 22.2 Å². The molecule has 0 aromatic heterocycles. The number of carbonyl (C=O) groups excluding carboxylic acids is 1. The van der Waals surface area contributed by atoms with Gasteiger partial charge in [0.15, 0.2) is 0 Å². The smallest absolute Gasteiger partial charge is 0.244 e. The van der Waals surface area contributed by atoms with Crippen molar-refractivity contribution in [2.24, 2.45) is 0 Å². The summed E-state index contributed by atoms with van der Waals surface area (Å²) in [7, 11) is -3.85. The van der Waals surface area contributed by atoms with E-state index in [0.29, 0.717) is 15.7 Å². The lowest BCUT2D eigenvalue weighted by Gasteiger charge is -2.17. The van der Waals surface area contributed by atoms with Gasteiger partial charge < -0.3 is 15.5 Å². The Hall–Kier alpha value is -1.00. The second-order valence-corrected chi connectivity index (χ2v) is 7.88. The molecule has 114 valence electrons. The Morgan fingerprint density at radius 3 is 2.48 bits per heavy atom. The van der Waals surface area contributed by atoms with Gasteiger partial charge in [-0.3, -0.25) is 4.79 Å². The van der Waals surface area contributed by atoms with Crippen LogP contribution in [0.3, 0.4) is 0 Å². The van der Waals surface area contributed by atoms with Gasteiger partial charge in [0.25, 0.3) is 0 Å². The number of carbonyl (C=O) groups is 1. The molecule has 1 saturated heterocycles. The van der Waals surface area contributed by atoms with Crippen LogP contribution >= 0.6 is 15.9 Å². The predicted octanol–water partition coefficient (Wildman–Crippen LogP) is -0.330. The number of fused-ring (bicyclic) bond motifs is 1. The average molecular weight is 377 g/mol. The maximum absolute atomic E-state index is 12.6. The first-order chi connectivity index (χ1) is 9.79. The number of amides is 1. The number of nitrogens with one attached hydrogen (secondary N) is 1. The number of nitrogens with zero attached hydrogens (tertiary/aromatic N) is 1. The summed E-state index contributed by atoms with van der Waals surface area (Å²) in [5.41, 5.74) is 1.20. The van der Waals surface area contributed by atoms with Gasteiger partial charge in [-0.25, -0.2) is 8.42 Å². The summed E-state index contributed by atoms with van der Waals surface area (Å²) < 4.78 is 26.6. The van der Waals surface area contributed by atoms with Gasteiger partial charge >= 0.3 is 0 Å². The highest BCUT2D eigenvalue weighted by Crippen LogP contribution is 2.34. The lowest BCUT2D eigenvalue weighted by molar-refractivity contribution is -0.115. The van der Waals surface area contributed by atoms with E-state index in [0.717, 1.165) is 4.31 Å². The Bertz CT molecular complexity index is 711. The first kappa shape index (κ1) is 14.9. The number of halogens is 1. The largest absolute Gasteiger partial charge is 0.389 e. The number of hydrogen-bond donors (Lipinski definition) is 3. The van der Waals surface area contributed by atoms with Crippen molar-refractivity contribution >= 4 is 37.5 Å². The Balaban J connectivity index is 2.01. The second kappa shape index (κ2) is 5.03. The zero-order valence-corrected chi connectivity index (χ0v) is 13.2. The van der Waals surface area contributed by atoms with Crippen molar-refractivity contribution in [2.45, 2.75) is 23.5 Å². The molecule has 2 aliphatic heterocycles. The second-order valence-electron chi connectivity index (χ2n) is 5.12. The fourth-order valence-electron chi connectivity index (χ4n) is 2.49. The lowest BCUT2D eigenvalue weighted by Crippen LogP contribution is -2.30. The van der Waals surface area contributed by atoms with Crippen molar-refractivity contribution in [3.05, 3.63) is 22.2 Å². The van der Waals surface area contributed by atoms with Crippen LogP contribution in [-0.4, -0.2) is 54.1 Å². The molecule has 9 heteroatoms. The number of β-amino-alcohol motifs (C(OH)–C–C–N with tert-alkyl or cyclic N) is 2. The highest BCUT2D eigenvalue weighted by molar-refractivity contribution is 9.10. The lowest BCUT2D eigenvalue weighted by atomic mass is 10.2. The summed E-state index contributed by atoms with van der Waals surface area (Å²) >= 11 is 3.20. The van der Waals surface area contributed by atoms with E-state index in [1.807, 2.05) is 0 Å². The molecule has 1 fully saturated rings. The maximum Gasteiger partial charge on any atom is 0.244 e. The third kappa shape index (κ3) is 2.49. The molecule has 1 aromatic carbocycles. The molecular weight excluding hydrogens is 364 g/mol. The Morgan fingerprint density at radius 1 is 1.24 bits per heavy atom. The zero-order valence-electron chi connectivity index (χ0n) is 10.8. The van der Waals surface area contributed by atoms with Crippen LogP contribution in [0, 0.1) is 0 Å². The fourth-order valence-corrected chi connectivity index (χ4v) is 5.02. The van der Waals surface area contributed by atoms with Crippen LogP contribution < -0.4 is 5.32 Å². The van der Waals surface area contributed by atoms with E-state index in [1.54, 1.807) is 6.07 Å². The van der Waals surface area contributed by atoms with Crippen molar-refractivity contribution in [3.8, 4) is 0 Å². The first-order valence-corrected chi connectivity index (χ1v) is 8.51. The number of hydrogen-bond acceptors (Lipinski definition) is 5. The molecule has 3 N–H and O–H groups in total. The zero-order chi connectivity index (χ0) is 15.4. The van der Waals surface area contributed by atoms with Crippen molar-refractivity contribution in [3.63, 3.8) is 0 Å². The quantitative estimate of drug-likeness (QED) is 0.655.